The number of carbonyl (C=O) groups is 1. The third-order valence-electron chi connectivity index (χ3n) is 4.62. The third-order valence-corrected chi connectivity index (χ3v) is 5.52. The highest BCUT2D eigenvalue weighted by Gasteiger charge is 2.39. The Balaban J connectivity index is 1.59. The molecule has 0 radical (unpaired) electrons. The molecule has 0 aliphatic carbocycles. The molecule has 4 rings (SSSR count). The van der Waals surface area contributed by atoms with Gasteiger partial charge in [-0.05, 0) is 53.1 Å². The van der Waals surface area contributed by atoms with Crippen molar-refractivity contribution in [1.29, 1.82) is 5.41 Å². The zero-order valence-electron chi connectivity index (χ0n) is 13.8. The summed E-state index contributed by atoms with van der Waals surface area (Å²) < 4.78 is 1.22. The Morgan fingerprint density at radius 2 is 2.24 bits per heavy atom. The van der Waals surface area contributed by atoms with Gasteiger partial charge in [-0.15, -0.1) is 11.3 Å². The fourth-order valence-electron chi connectivity index (χ4n) is 3.22. The van der Waals surface area contributed by atoms with E-state index in [1.54, 1.807) is 23.7 Å². The lowest BCUT2D eigenvalue weighted by molar-refractivity contribution is -0.131. The topological polar surface area (TPSA) is 69.1 Å². The van der Waals surface area contributed by atoms with Crippen molar-refractivity contribution in [1.82, 2.24) is 15.2 Å². The van der Waals surface area contributed by atoms with Gasteiger partial charge in [0.2, 0.25) is 5.91 Å². The van der Waals surface area contributed by atoms with Gasteiger partial charge in [0.25, 0.3) is 0 Å². The quantitative estimate of drug-likeness (QED) is 0.760. The zero-order valence-corrected chi connectivity index (χ0v) is 14.6. The highest BCUT2D eigenvalue weighted by Crippen LogP contribution is 2.32. The van der Waals surface area contributed by atoms with Gasteiger partial charge in [-0.25, -0.2) is 0 Å². The third kappa shape index (κ3) is 2.89. The minimum absolute atomic E-state index is 0.0551. The molecule has 0 unspecified atom stereocenters. The number of amides is 1. The van der Waals surface area contributed by atoms with Crippen LogP contribution in [0.25, 0.3) is 10.1 Å². The molecule has 6 heteroatoms. The number of hydrogen-bond acceptors (Lipinski definition) is 4. The van der Waals surface area contributed by atoms with Crippen LogP contribution in [0.4, 0.5) is 0 Å². The highest BCUT2D eigenvalue weighted by molar-refractivity contribution is 7.17. The number of nitrogens with zero attached hydrogens (tertiary/aromatic N) is 2. The fraction of sp³-hybridized carbons (Fsp3) is 0.211. The second-order valence-electron chi connectivity index (χ2n) is 6.50. The van der Waals surface area contributed by atoms with E-state index in [0.29, 0.717) is 13.0 Å². The molecule has 1 atom stereocenters. The average Bonchev–Trinajstić information content (AvgIpc) is 3.07. The summed E-state index contributed by atoms with van der Waals surface area (Å²) in [6, 6.07) is 12.1. The summed E-state index contributed by atoms with van der Waals surface area (Å²) in [6.07, 6.45) is 3.73. The molecule has 0 spiro atoms. The van der Waals surface area contributed by atoms with Gasteiger partial charge in [0.05, 0.1) is 18.5 Å². The number of hydrogen-bond donors (Lipinski definition) is 2. The van der Waals surface area contributed by atoms with Gasteiger partial charge in [-0.1, -0.05) is 12.1 Å². The predicted molar refractivity (Wildman–Crippen MR) is 99.4 cm³/mol. The van der Waals surface area contributed by atoms with Crippen LogP contribution in [0.5, 0.6) is 0 Å². The Kier molecular flexibility index (Phi) is 3.77. The van der Waals surface area contributed by atoms with Crippen LogP contribution in [0.2, 0.25) is 0 Å². The van der Waals surface area contributed by atoms with Crippen LogP contribution in [0.15, 0.2) is 54.2 Å². The van der Waals surface area contributed by atoms with Gasteiger partial charge in [0.15, 0.2) is 5.96 Å². The van der Waals surface area contributed by atoms with Gasteiger partial charge in [0, 0.05) is 17.1 Å². The lowest BCUT2D eigenvalue weighted by Gasteiger charge is -2.41. The van der Waals surface area contributed by atoms with E-state index in [2.05, 4.69) is 33.9 Å². The van der Waals surface area contributed by atoms with E-state index >= 15 is 0 Å². The summed E-state index contributed by atoms with van der Waals surface area (Å²) in [5.41, 5.74) is 1.36. The average molecular weight is 350 g/mol. The molecule has 0 bridgehead atoms. The SMILES string of the molecule is C[C@@]1(c2ccc3sccc3c2)CC(=O)N(Cc2cccnc2)C(=N)N1. The first kappa shape index (κ1) is 15.8. The summed E-state index contributed by atoms with van der Waals surface area (Å²) in [5, 5.41) is 14.8. The molecule has 1 aromatic carbocycles. The Morgan fingerprint density at radius 1 is 1.36 bits per heavy atom. The van der Waals surface area contributed by atoms with E-state index in [-0.39, 0.29) is 11.9 Å². The number of thiophene rings is 1. The number of nitrogens with one attached hydrogen (secondary N) is 2. The molecule has 1 aliphatic heterocycles. The van der Waals surface area contributed by atoms with E-state index in [1.165, 1.54) is 15.0 Å². The van der Waals surface area contributed by atoms with Crippen molar-refractivity contribution in [2.75, 3.05) is 0 Å². The lowest BCUT2D eigenvalue weighted by atomic mass is 9.86. The van der Waals surface area contributed by atoms with Crippen LogP contribution < -0.4 is 5.32 Å². The van der Waals surface area contributed by atoms with Gasteiger partial charge in [0.1, 0.15) is 0 Å². The smallest absolute Gasteiger partial charge is 0.232 e. The number of pyridine rings is 1. The number of rotatable bonds is 3. The molecule has 126 valence electrons. The van der Waals surface area contributed by atoms with Crippen LogP contribution in [-0.2, 0) is 16.9 Å². The van der Waals surface area contributed by atoms with Gasteiger partial charge >= 0.3 is 0 Å². The van der Waals surface area contributed by atoms with Gasteiger partial charge < -0.3 is 5.32 Å². The minimum Gasteiger partial charge on any atom is -0.346 e. The molecular formula is C19H18N4OS. The number of fused-ring (bicyclic) bond motifs is 1. The molecule has 1 saturated heterocycles. The molecule has 25 heavy (non-hydrogen) atoms. The molecule has 1 aliphatic rings. The van der Waals surface area contributed by atoms with Crippen molar-refractivity contribution in [3.63, 3.8) is 0 Å². The van der Waals surface area contributed by atoms with Crippen LogP contribution in [0.3, 0.4) is 0 Å². The highest BCUT2D eigenvalue weighted by atomic mass is 32.1. The molecule has 1 fully saturated rings. The van der Waals surface area contributed by atoms with E-state index < -0.39 is 5.54 Å². The normalized spacial score (nSPS) is 20.8. The molecular weight excluding hydrogens is 332 g/mol. The Labute approximate surface area is 149 Å². The maximum atomic E-state index is 12.7. The Hall–Kier alpha value is -2.73. The van der Waals surface area contributed by atoms with Crippen molar-refractivity contribution in [2.45, 2.75) is 25.4 Å². The first-order chi connectivity index (χ1) is 12.0. The molecule has 3 aromatic rings. The van der Waals surface area contributed by atoms with Crippen molar-refractivity contribution in [3.05, 3.63) is 65.3 Å². The Bertz CT molecular complexity index is 932. The summed E-state index contributed by atoms with van der Waals surface area (Å²) in [5.74, 6) is 0.0773. The van der Waals surface area contributed by atoms with Crippen molar-refractivity contribution >= 4 is 33.3 Å². The standard InChI is InChI=1S/C19H18N4OS/c1-19(15-4-5-16-14(9-15)6-8-25-16)10-17(24)23(18(20)22-19)12-13-3-2-7-21-11-13/h2-9,11H,10,12H2,1H3,(H2,20,22)/t19-/m0/s1. The summed E-state index contributed by atoms with van der Waals surface area (Å²) in [6.45, 7) is 2.34. The lowest BCUT2D eigenvalue weighted by Crippen LogP contribution is -2.59. The largest absolute Gasteiger partial charge is 0.346 e. The number of carbonyl (C=O) groups excluding carboxylic acids is 1. The monoisotopic (exact) mass is 350 g/mol. The molecule has 3 heterocycles. The van der Waals surface area contributed by atoms with E-state index in [4.69, 9.17) is 5.41 Å². The second-order valence-corrected chi connectivity index (χ2v) is 7.44. The molecule has 0 saturated carbocycles. The van der Waals surface area contributed by atoms with Crippen LogP contribution in [-0.4, -0.2) is 21.8 Å². The van der Waals surface area contributed by atoms with Crippen molar-refractivity contribution in [2.24, 2.45) is 0 Å². The maximum absolute atomic E-state index is 12.7. The molecule has 2 aromatic heterocycles. The number of guanidine groups is 1. The minimum atomic E-state index is -0.574. The Morgan fingerprint density at radius 3 is 3.00 bits per heavy atom. The number of benzene rings is 1. The summed E-state index contributed by atoms with van der Waals surface area (Å²) in [4.78, 5) is 18.3. The van der Waals surface area contributed by atoms with Crippen molar-refractivity contribution in [3.8, 4) is 0 Å². The molecule has 5 nitrogen and oxygen atoms in total. The van der Waals surface area contributed by atoms with E-state index in [1.807, 2.05) is 25.1 Å². The van der Waals surface area contributed by atoms with Crippen LogP contribution in [0.1, 0.15) is 24.5 Å². The number of aromatic nitrogens is 1. The van der Waals surface area contributed by atoms with Crippen LogP contribution in [0, 0.1) is 5.41 Å². The summed E-state index contributed by atoms with van der Waals surface area (Å²) in [7, 11) is 0. The molecule has 1 amide bonds. The second kappa shape index (κ2) is 5.97. The van der Waals surface area contributed by atoms with E-state index in [9.17, 15) is 4.79 Å². The first-order valence-corrected chi connectivity index (χ1v) is 8.97. The predicted octanol–water partition coefficient (Wildman–Crippen LogP) is 3.47. The van der Waals surface area contributed by atoms with Gasteiger partial charge in [-0.2, -0.15) is 0 Å². The maximum Gasteiger partial charge on any atom is 0.232 e. The van der Waals surface area contributed by atoms with Gasteiger partial charge in [-0.3, -0.25) is 20.1 Å². The molecule has 2 N–H and O–H groups in total. The fourth-order valence-corrected chi connectivity index (χ4v) is 3.99. The summed E-state index contributed by atoms with van der Waals surface area (Å²) >= 11 is 1.70. The first-order valence-electron chi connectivity index (χ1n) is 8.09. The zero-order chi connectivity index (χ0) is 17.4. The van der Waals surface area contributed by atoms with Crippen molar-refractivity contribution < 1.29 is 4.79 Å². The van der Waals surface area contributed by atoms with Crippen LogP contribution >= 0.6 is 11.3 Å². The van der Waals surface area contributed by atoms with E-state index in [0.717, 1.165) is 11.1 Å².